The highest BCUT2D eigenvalue weighted by Crippen LogP contribution is 2.29. The highest BCUT2D eigenvalue weighted by atomic mass is 19.1. The lowest BCUT2D eigenvalue weighted by molar-refractivity contribution is 0.172. The Bertz CT molecular complexity index is 384. The fourth-order valence-electron chi connectivity index (χ4n) is 2.97. The SMILES string of the molecule is CC1CCC(CCNCC(O)c2ccc(F)cc2)CC1. The molecule has 0 heterocycles. The van der Waals surface area contributed by atoms with Crippen LogP contribution in [0.5, 0.6) is 0 Å². The minimum absolute atomic E-state index is 0.263. The molecular formula is C17H26FNO. The van der Waals surface area contributed by atoms with Crippen molar-refractivity contribution in [3.8, 4) is 0 Å². The average Bonchev–Trinajstić information content (AvgIpc) is 2.46. The molecule has 20 heavy (non-hydrogen) atoms. The van der Waals surface area contributed by atoms with Gasteiger partial charge in [-0.25, -0.2) is 4.39 Å². The van der Waals surface area contributed by atoms with Crippen LogP contribution in [0.15, 0.2) is 24.3 Å². The topological polar surface area (TPSA) is 32.3 Å². The second-order valence-corrected chi connectivity index (χ2v) is 6.19. The summed E-state index contributed by atoms with van der Waals surface area (Å²) in [5.41, 5.74) is 0.769. The zero-order chi connectivity index (χ0) is 14.4. The standard InChI is InChI=1S/C17H26FNO/c1-13-2-4-14(5-3-13)10-11-19-12-17(20)15-6-8-16(18)9-7-15/h6-9,13-14,17,19-20H,2-5,10-12H2,1H3. The third-order valence-electron chi connectivity index (χ3n) is 4.46. The molecule has 1 fully saturated rings. The molecule has 1 aliphatic rings. The normalized spacial score (nSPS) is 24.6. The molecule has 0 aromatic heterocycles. The van der Waals surface area contributed by atoms with Crippen molar-refractivity contribution in [3.05, 3.63) is 35.6 Å². The van der Waals surface area contributed by atoms with Gasteiger partial charge in [-0.3, -0.25) is 0 Å². The van der Waals surface area contributed by atoms with Gasteiger partial charge in [0.2, 0.25) is 0 Å². The lowest BCUT2D eigenvalue weighted by Crippen LogP contribution is -2.25. The van der Waals surface area contributed by atoms with Gasteiger partial charge in [0.1, 0.15) is 5.82 Å². The molecule has 2 rings (SSSR count). The van der Waals surface area contributed by atoms with E-state index in [1.54, 1.807) is 12.1 Å². The van der Waals surface area contributed by atoms with Gasteiger partial charge in [-0.15, -0.1) is 0 Å². The molecule has 0 radical (unpaired) electrons. The Balaban J connectivity index is 1.62. The maximum Gasteiger partial charge on any atom is 0.123 e. The summed E-state index contributed by atoms with van der Waals surface area (Å²) in [5, 5.41) is 13.3. The van der Waals surface area contributed by atoms with Gasteiger partial charge in [0, 0.05) is 6.54 Å². The summed E-state index contributed by atoms with van der Waals surface area (Å²) in [7, 11) is 0. The third-order valence-corrected chi connectivity index (χ3v) is 4.46. The Morgan fingerprint density at radius 3 is 2.50 bits per heavy atom. The Morgan fingerprint density at radius 2 is 1.85 bits per heavy atom. The first-order valence-electron chi connectivity index (χ1n) is 7.79. The molecule has 1 aromatic rings. The highest BCUT2D eigenvalue weighted by Gasteiger charge is 2.17. The molecule has 112 valence electrons. The molecule has 2 N–H and O–H groups in total. The fraction of sp³-hybridized carbons (Fsp3) is 0.647. The Kier molecular flexibility index (Phi) is 5.99. The Morgan fingerprint density at radius 1 is 1.20 bits per heavy atom. The van der Waals surface area contributed by atoms with E-state index in [0.29, 0.717) is 6.54 Å². The molecule has 0 bridgehead atoms. The van der Waals surface area contributed by atoms with Crippen LogP contribution in [0.4, 0.5) is 4.39 Å². The molecule has 0 aliphatic heterocycles. The maximum atomic E-state index is 12.8. The Hall–Kier alpha value is -0.930. The summed E-state index contributed by atoms with van der Waals surface area (Å²) in [6.07, 6.45) is 6.07. The van der Waals surface area contributed by atoms with Gasteiger partial charge in [-0.1, -0.05) is 44.7 Å². The van der Waals surface area contributed by atoms with Crippen LogP contribution in [0.1, 0.15) is 50.7 Å². The molecule has 1 saturated carbocycles. The van der Waals surface area contributed by atoms with Gasteiger partial charge in [-0.2, -0.15) is 0 Å². The second kappa shape index (κ2) is 7.75. The zero-order valence-corrected chi connectivity index (χ0v) is 12.3. The summed E-state index contributed by atoms with van der Waals surface area (Å²) >= 11 is 0. The molecule has 1 unspecified atom stereocenters. The van der Waals surface area contributed by atoms with Crippen molar-refractivity contribution in [1.29, 1.82) is 0 Å². The van der Waals surface area contributed by atoms with Crippen molar-refractivity contribution in [2.45, 2.75) is 45.1 Å². The fourth-order valence-corrected chi connectivity index (χ4v) is 2.97. The molecule has 0 spiro atoms. The van der Waals surface area contributed by atoms with Gasteiger partial charge < -0.3 is 10.4 Å². The number of rotatable bonds is 6. The molecule has 1 aromatic carbocycles. The first-order chi connectivity index (χ1) is 9.65. The second-order valence-electron chi connectivity index (χ2n) is 6.19. The predicted molar refractivity (Wildman–Crippen MR) is 80.0 cm³/mol. The van der Waals surface area contributed by atoms with E-state index in [1.807, 2.05) is 0 Å². The number of hydrogen-bond acceptors (Lipinski definition) is 2. The monoisotopic (exact) mass is 279 g/mol. The minimum Gasteiger partial charge on any atom is -0.387 e. The summed E-state index contributed by atoms with van der Waals surface area (Å²) in [6, 6.07) is 6.07. The first kappa shape index (κ1) is 15.5. The molecule has 2 nitrogen and oxygen atoms in total. The van der Waals surface area contributed by atoms with Gasteiger partial charge in [0.25, 0.3) is 0 Å². The molecule has 3 heteroatoms. The molecule has 1 aliphatic carbocycles. The van der Waals surface area contributed by atoms with Crippen molar-refractivity contribution in [3.63, 3.8) is 0 Å². The van der Waals surface area contributed by atoms with Gasteiger partial charge in [-0.05, 0) is 42.5 Å². The number of aliphatic hydroxyl groups excluding tert-OH is 1. The maximum absolute atomic E-state index is 12.8. The van der Waals surface area contributed by atoms with Crippen LogP contribution in [0, 0.1) is 17.7 Å². The van der Waals surface area contributed by atoms with E-state index in [-0.39, 0.29) is 5.82 Å². The quantitative estimate of drug-likeness (QED) is 0.779. The van der Waals surface area contributed by atoms with Gasteiger partial charge in [0.15, 0.2) is 0 Å². The summed E-state index contributed by atoms with van der Waals surface area (Å²) < 4.78 is 12.8. The van der Waals surface area contributed by atoms with E-state index in [4.69, 9.17) is 0 Å². The number of halogens is 1. The van der Waals surface area contributed by atoms with Crippen LogP contribution < -0.4 is 5.32 Å². The third kappa shape index (κ3) is 4.88. The predicted octanol–water partition coefficient (Wildman–Crippen LogP) is 3.67. The van der Waals surface area contributed by atoms with Crippen molar-refractivity contribution in [2.24, 2.45) is 11.8 Å². The molecule has 0 saturated heterocycles. The lowest BCUT2D eigenvalue weighted by Gasteiger charge is -2.26. The van der Waals surface area contributed by atoms with E-state index in [9.17, 15) is 9.50 Å². The van der Waals surface area contributed by atoms with Crippen LogP contribution in [0.2, 0.25) is 0 Å². The van der Waals surface area contributed by atoms with E-state index < -0.39 is 6.10 Å². The van der Waals surface area contributed by atoms with E-state index >= 15 is 0 Å². The van der Waals surface area contributed by atoms with E-state index in [0.717, 1.165) is 23.9 Å². The number of nitrogens with one attached hydrogen (secondary N) is 1. The van der Waals surface area contributed by atoms with Crippen LogP contribution in [0.25, 0.3) is 0 Å². The van der Waals surface area contributed by atoms with Crippen molar-refractivity contribution < 1.29 is 9.50 Å². The number of benzene rings is 1. The first-order valence-corrected chi connectivity index (χ1v) is 7.79. The Labute approximate surface area is 121 Å². The van der Waals surface area contributed by atoms with Crippen molar-refractivity contribution in [2.75, 3.05) is 13.1 Å². The van der Waals surface area contributed by atoms with Gasteiger partial charge in [0.05, 0.1) is 6.10 Å². The molecule has 0 amide bonds. The van der Waals surface area contributed by atoms with E-state index in [2.05, 4.69) is 12.2 Å². The number of aliphatic hydroxyl groups is 1. The van der Waals surface area contributed by atoms with Crippen LogP contribution in [-0.2, 0) is 0 Å². The van der Waals surface area contributed by atoms with Gasteiger partial charge >= 0.3 is 0 Å². The zero-order valence-electron chi connectivity index (χ0n) is 12.3. The minimum atomic E-state index is -0.554. The average molecular weight is 279 g/mol. The van der Waals surface area contributed by atoms with Crippen LogP contribution in [0.3, 0.4) is 0 Å². The lowest BCUT2D eigenvalue weighted by atomic mass is 9.81. The van der Waals surface area contributed by atoms with E-state index in [1.165, 1.54) is 44.2 Å². The molecule has 1 atom stereocenters. The van der Waals surface area contributed by atoms with Crippen LogP contribution in [-0.4, -0.2) is 18.2 Å². The highest BCUT2D eigenvalue weighted by molar-refractivity contribution is 5.18. The number of hydrogen-bond donors (Lipinski definition) is 2. The van der Waals surface area contributed by atoms with Crippen molar-refractivity contribution in [1.82, 2.24) is 5.32 Å². The summed E-state index contributed by atoms with van der Waals surface area (Å²) in [6.45, 7) is 3.83. The summed E-state index contributed by atoms with van der Waals surface area (Å²) in [4.78, 5) is 0. The van der Waals surface area contributed by atoms with Crippen molar-refractivity contribution >= 4 is 0 Å². The molecular weight excluding hydrogens is 253 g/mol. The summed E-state index contributed by atoms with van der Waals surface area (Å²) in [5.74, 6) is 1.49. The smallest absolute Gasteiger partial charge is 0.123 e. The largest absolute Gasteiger partial charge is 0.387 e. The van der Waals surface area contributed by atoms with Crippen LogP contribution >= 0.6 is 0 Å².